The van der Waals surface area contributed by atoms with E-state index in [1.165, 1.54) is 0 Å². The molecule has 1 rings (SSSR count). The van der Waals surface area contributed by atoms with Crippen molar-refractivity contribution in [1.29, 1.82) is 0 Å². The first-order valence-corrected chi connectivity index (χ1v) is 9.88. The Morgan fingerprint density at radius 2 is 1.64 bits per heavy atom. The molecule has 0 aliphatic carbocycles. The molecular weight excluding hydrogens is 356 g/mol. The van der Waals surface area contributed by atoms with Crippen LogP contribution in [-0.2, 0) is 16.0 Å². The van der Waals surface area contributed by atoms with Gasteiger partial charge < -0.3 is 21.7 Å². The van der Waals surface area contributed by atoms with E-state index in [4.69, 9.17) is 5.73 Å². The van der Waals surface area contributed by atoms with E-state index in [-0.39, 0.29) is 23.7 Å². The van der Waals surface area contributed by atoms with Gasteiger partial charge in [-0.2, -0.15) is 0 Å². The zero-order chi connectivity index (χ0) is 21.1. The highest BCUT2D eigenvalue weighted by Gasteiger charge is 2.27. The first kappa shape index (κ1) is 23.6. The maximum absolute atomic E-state index is 12.9. The standard InChI is InChI=1S/C21H34N4O3/c1-14(2)19(26)18(13-16-9-6-5-7-10-16)25-20(27)17(24-15(3)4)11-8-12-23-21(22)28/h5-7,9-10,14-15,17-18,24H,8,11-13H2,1-4H3,(H,25,27)(H3,22,23,28)/t17-,18-/m0/s1. The molecule has 0 saturated carbocycles. The number of primary amides is 1. The van der Waals surface area contributed by atoms with Gasteiger partial charge in [-0.15, -0.1) is 0 Å². The average Bonchev–Trinajstić information content (AvgIpc) is 2.63. The van der Waals surface area contributed by atoms with E-state index in [1.807, 2.05) is 58.0 Å². The Bertz CT molecular complexity index is 632. The van der Waals surface area contributed by atoms with Gasteiger partial charge in [0.2, 0.25) is 5.91 Å². The summed E-state index contributed by atoms with van der Waals surface area (Å²) in [7, 11) is 0. The second-order valence-corrected chi connectivity index (χ2v) is 7.62. The lowest BCUT2D eigenvalue weighted by molar-refractivity contribution is -0.130. The number of carbonyl (C=O) groups is 3. The quantitative estimate of drug-likeness (QED) is 0.407. The minimum absolute atomic E-state index is 0.0101. The van der Waals surface area contributed by atoms with Crippen LogP contribution in [0.5, 0.6) is 0 Å². The van der Waals surface area contributed by atoms with Crippen molar-refractivity contribution in [3.8, 4) is 0 Å². The van der Waals surface area contributed by atoms with Crippen LogP contribution in [-0.4, -0.2) is 42.4 Å². The summed E-state index contributed by atoms with van der Waals surface area (Å²) in [4.78, 5) is 36.4. The van der Waals surface area contributed by atoms with Gasteiger partial charge in [0.05, 0.1) is 12.1 Å². The Kier molecular flexibility index (Phi) is 10.2. The van der Waals surface area contributed by atoms with Crippen LogP contribution < -0.4 is 21.7 Å². The number of nitrogens with two attached hydrogens (primary N) is 1. The van der Waals surface area contributed by atoms with Crippen molar-refractivity contribution in [3.05, 3.63) is 35.9 Å². The minimum atomic E-state index is -0.580. The Morgan fingerprint density at radius 3 is 2.18 bits per heavy atom. The van der Waals surface area contributed by atoms with Crippen molar-refractivity contribution >= 4 is 17.7 Å². The van der Waals surface area contributed by atoms with Gasteiger partial charge in [-0.1, -0.05) is 58.0 Å². The number of hydrogen-bond acceptors (Lipinski definition) is 4. The molecule has 5 N–H and O–H groups in total. The molecule has 156 valence electrons. The summed E-state index contributed by atoms with van der Waals surface area (Å²) in [6.07, 6.45) is 1.58. The first-order valence-electron chi connectivity index (χ1n) is 9.88. The van der Waals surface area contributed by atoms with E-state index < -0.39 is 18.1 Å². The molecular formula is C21H34N4O3. The molecule has 0 radical (unpaired) electrons. The molecule has 0 saturated heterocycles. The van der Waals surface area contributed by atoms with Gasteiger partial charge in [-0.05, 0) is 24.8 Å². The number of Topliss-reactive ketones (excluding diaryl/α,β-unsaturated/α-hetero) is 1. The highest BCUT2D eigenvalue weighted by atomic mass is 16.2. The van der Waals surface area contributed by atoms with Crippen molar-refractivity contribution < 1.29 is 14.4 Å². The fourth-order valence-electron chi connectivity index (χ4n) is 2.96. The number of hydrogen-bond donors (Lipinski definition) is 4. The number of benzene rings is 1. The third-order valence-electron chi connectivity index (χ3n) is 4.33. The van der Waals surface area contributed by atoms with E-state index in [9.17, 15) is 14.4 Å². The fraction of sp³-hybridized carbons (Fsp3) is 0.571. The molecule has 1 aromatic rings. The molecule has 7 heteroatoms. The van der Waals surface area contributed by atoms with Gasteiger partial charge in [0.15, 0.2) is 5.78 Å². The molecule has 3 amide bonds. The van der Waals surface area contributed by atoms with Gasteiger partial charge in [0, 0.05) is 18.5 Å². The van der Waals surface area contributed by atoms with Crippen LogP contribution >= 0.6 is 0 Å². The normalized spacial score (nSPS) is 13.2. The summed E-state index contributed by atoms with van der Waals surface area (Å²) in [5.41, 5.74) is 6.07. The Hall–Kier alpha value is -2.41. The maximum atomic E-state index is 12.9. The molecule has 7 nitrogen and oxygen atoms in total. The number of ketones is 1. The molecule has 28 heavy (non-hydrogen) atoms. The third-order valence-corrected chi connectivity index (χ3v) is 4.33. The van der Waals surface area contributed by atoms with E-state index in [0.29, 0.717) is 25.8 Å². The lowest BCUT2D eigenvalue weighted by atomic mass is 9.95. The Labute approximate surface area is 167 Å². The van der Waals surface area contributed by atoms with Gasteiger partial charge in [-0.25, -0.2) is 4.79 Å². The SMILES string of the molecule is CC(C)N[C@@H](CCCNC(N)=O)C(=O)N[C@@H](Cc1ccccc1)C(=O)C(C)C. The van der Waals surface area contributed by atoms with E-state index >= 15 is 0 Å². The van der Waals surface area contributed by atoms with Crippen LogP contribution in [0.3, 0.4) is 0 Å². The van der Waals surface area contributed by atoms with Crippen LogP contribution in [0.25, 0.3) is 0 Å². The number of urea groups is 1. The predicted octanol–water partition coefficient (Wildman–Crippen LogP) is 1.75. The predicted molar refractivity (Wildman–Crippen MR) is 111 cm³/mol. The molecule has 0 aliphatic rings. The van der Waals surface area contributed by atoms with Crippen LogP contribution in [0, 0.1) is 5.92 Å². The molecule has 0 heterocycles. The van der Waals surface area contributed by atoms with Crippen molar-refractivity contribution in [2.45, 2.75) is 65.1 Å². The summed E-state index contributed by atoms with van der Waals surface area (Å²) in [5, 5.41) is 8.70. The van der Waals surface area contributed by atoms with Crippen molar-refractivity contribution in [2.75, 3.05) is 6.54 Å². The van der Waals surface area contributed by atoms with Gasteiger partial charge in [0.25, 0.3) is 0 Å². The van der Waals surface area contributed by atoms with E-state index in [0.717, 1.165) is 5.56 Å². The summed E-state index contributed by atoms with van der Waals surface area (Å²) < 4.78 is 0. The summed E-state index contributed by atoms with van der Waals surface area (Å²) in [5.74, 6) is -0.371. The van der Waals surface area contributed by atoms with Crippen molar-refractivity contribution in [3.63, 3.8) is 0 Å². The summed E-state index contributed by atoms with van der Waals surface area (Å²) in [6, 6.07) is 8.16. The lowest BCUT2D eigenvalue weighted by Gasteiger charge is -2.25. The van der Waals surface area contributed by atoms with Gasteiger partial charge in [-0.3, -0.25) is 9.59 Å². The second kappa shape index (κ2) is 12.1. The second-order valence-electron chi connectivity index (χ2n) is 7.62. The number of amides is 3. The fourth-order valence-corrected chi connectivity index (χ4v) is 2.96. The topological polar surface area (TPSA) is 113 Å². The van der Waals surface area contributed by atoms with Crippen LogP contribution in [0.1, 0.15) is 46.1 Å². The van der Waals surface area contributed by atoms with Crippen LogP contribution in [0.2, 0.25) is 0 Å². The smallest absolute Gasteiger partial charge is 0.312 e. The monoisotopic (exact) mass is 390 g/mol. The van der Waals surface area contributed by atoms with Crippen LogP contribution in [0.4, 0.5) is 4.79 Å². The van der Waals surface area contributed by atoms with Gasteiger partial charge >= 0.3 is 6.03 Å². The van der Waals surface area contributed by atoms with Crippen molar-refractivity contribution in [1.82, 2.24) is 16.0 Å². The van der Waals surface area contributed by atoms with Crippen LogP contribution in [0.15, 0.2) is 30.3 Å². The highest BCUT2D eigenvalue weighted by Crippen LogP contribution is 2.10. The molecule has 0 spiro atoms. The number of rotatable bonds is 12. The van der Waals surface area contributed by atoms with E-state index in [1.54, 1.807) is 0 Å². The zero-order valence-electron chi connectivity index (χ0n) is 17.3. The Balaban J connectivity index is 2.81. The number of carbonyl (C=O) groups excluding carboxylic acids is 3. The van der Waals surface area contributed by atoms with Gasteiger partial charge in [0.1, 0.15) is 0 Å². The molecule has 0 aliphatic heterocycles. The zero-order valence-corrected chi connectivity index (χ0v) is 17.3. The Morgan fingerprint density at radius 1 is 1.00 bits per heavy atom. The molecule has 0 unspecified atom stereocenters. The average molecular weight is 391 g/mol. The molecule has 0 bridgehead atoms. The molecule has 2 atom stereocenters. The molecule has 0 fully saturated rings. The molecule has 0 aromatic heterocycles. The van der Waals surface area contributed by atoms with Crippen molar-refractivity contribution in [2.24, 2.45) is 11.7 Å². The lowest BCUT2D eigenvalue weighted by Crippen LogP contribution is -2.53. The number of nitrogens with one attached hydrogen (secondary N) is 3. The molecule has 1 aromatic carbocycles. The van der Waals surface area contributed by atoms with E-state index in [2.05, 4.69) is 16.0 Å². The maximum Gasteiger partial charge on any atom is 0.312 e. The first-order chi connectivity index (χ1) is 13.2. The summed E-state index contributed by atoms with van der Waals surface area (Å²) in [6.45, 7) is 8.00. The third kappa shape index (κ3) is 8.99. The minimum Gasteiger partial charge on any atom is -0.352 e. The summed E-state index contributed by atoms with van der Waals surface area (Å²) >= 11 is 0. The highest BCUT2D eigenvalue weighted by molar-refractivity contribution is 5.92. The largest absolute Gasteiger partial charge is 0.352 e.